The number of ether oxygens (including phenoxy) is 3. The summed E-state index contributed by atoms with van der Waals surface area (Å²) in [6.07, 6.45) is 14.7. The second kappa shape index (κ2) is 38.4. The van der Waals surface area contributed by atoms with E-state index in [-0.39, 0.29) is 57.5 Å². The molecule has 6 N–H and O–H groups in total. The van der Waals surface area contributed by atoms with Crippen molar-refractivity contribution in [1.82, 2.24) is 0 Å². The largest absolute Gasteiger partial charge is 0.463 e. The maximum atomic E-state index is 11.1. The third-order valence-corrected chi connectivity index (χ3v) is 6.40. The molecule has 0 bridgehead atoms. The molecule has 45 heavy (non-hydrogen) atoms. The molecule has 0 aromatic heterocycles. The van der Waals surface area contributed by atoms with Crippen LogP contribution in [0.5, 0.6) is 0 Å². The van der Waals surface area contributed by atoms with Gasteiger partial charge in [0.1, 0.15) is 38.1 Å². The van der Waals surface area contributed by atoms with E-state index < -0.39 is 18.3 Å². The molecule has 0 saturated carbocycles. The zero-order valence-electron chi connectivity index (χ0n) is 28.3. The highest BCUT2D eigenvalue weighted by molar-refractivity contribution is 5.69. The van der Waals surface area contributed by atoms with Crippen molar-refractivity contribution in [1.29, 1.82) is 0 Å². The van der Waals surface area contributed by atoms with Gasteiger partial charge in [-0.25, -0.2) is 0 Å². The Labute approximate surface area is 271 Å². The molecule has 12 nitrogen and oxygen atoms in total. The van der Waals surface area contributed by atoms with Crippen molar-refractivity contribution in [3.63, 3.8) is 0 Å². The average Bonchev–Trinajstić information content (AvgIpc) is 3.05. The number of aliphatic hydroxyl groups excluding tert-OH is 6. The van der Waals surface area contributed by atoms with E-state index in [1.807, 2.05) is 0 Å². The first kappa shape index (κ1) is 47.6. The molecular weight excluding hydrogens is 588 g/mol. The lowest BCUT2D eigenvalue weighted by molar-refractivity contribution is -0.148. The molecule has 0 spiro atoms. The van der Waals surface area contributed by atoms with Crippen LogP contribution in [-0.4, -0.2) is 107 Å². The molecule has 3 atom stereocenters. The average molecular weight is 655 g/mol. The van der Waals surface area contributed by atoms with Crippen LogP contribution in [-0.2, 0) is 28.6 Å². The second-order valence-electron chi connectivity index (χ2n) is 11.1. The van der Waals surface area contributed by atoms with Gasteiger partial charge < -0.3 is 44.8 Å². The molecule has 0 rings (SSSR count). The molecule has 0 fully saturated rings. The summed E-state index contributed by atoms with van der Waals surface area (Å²) in [6, 6.07) is 0. The summed E-state index contributed by atoms with van der Waals surface area (Å²) in [6.45, 7) is 5.00. The third-order valence-electron chi connectivity index (χ3n) is 6.40. The van der Waals surface area contributed by atoms with Gasteiger partial charge in [-0.15, -0.1) is 0 Å². The smallest absolute Gasteiger partial charge is 0.305 e. The Kier molecular flexibility index (Phi) is 40.5. The zero-order chi connectivity index (χ0) is 34.6. The van der Waals surface area contributed by atoms with E-state index in [1.54, 1.807) is 0 Å². The number of unbranched alkanes of at least 4 members (excludes halogenated alkanes) is 12. The van der Waals surface area contributed by atoms with Crippen molar-refractivity contribution >= 4 is 17.9 Å². The number of aliphatic hydroxyl groups is 6. The van der Waals surface area contributed by atoms with Crippen LogP contribution in [0.1, 0.15) is 136 Å². The van der Waals surface area contributed by atoms with Crippen molar-refractivity contribution in [2.45, 2.75) is 155 Å². The van der Waals surface area contributed by atoms with Gasteiger partial charge in [-0.05, 0) is 19.3 Å². The van der Waals surface area contributed by atoms with E-state index in [9.17, 15) is 14.4 Å². The Morgan fingerprint density at radius 1 is 0.422 bits per heavy atom. The lowest BCUT2D eigenvalue weighted by Crippen LogP contribution is -2.21. The molecule has 0 amide bonds. The van der Waals surface area contributed by atoms with Crippen molar-refractivity contribution < 1.29 is 59.2 Å². The topological polar surface area (TPSA) is 200 Å². The Bertz CT molecular complexity index is 562. The predicted octanol–water partition coefficient (Wildman–Crippen LogP) is 3.73. The van der Waals surface area contributed by atoms with Crippen molar-refractivity contribution in [3.05, 3.63) is 0 Å². The summed E-state index contributed by atoms with van der Waals surface area (Å²) < 4.78 is 14.3. The van der Waals surface area contributed by atoms with Gasteiger partial charge in [0.25, 0.3) is 0 Å². The summed E-state index contributed by atoms with van der Waals surface area (Å²) >= 11 is 0. The first-order valence-corrected chi connectivity index (χ1v) is 16.9. The van der Waals surface area contributed by atoms with Crippen LogP contribution in [0.3, 0.4) is 0 Å². The molecule has 270 valence electrons. The quantitative estimate of drug-likeness (QED) is 0.0427. The van der Waals surface area contributed by atoms with Crippen LogP contribution in [0, 0.1) is 0 Å². The molecule has 0 aliphatic carbocycles. The minimum absolute atomic E-state index is 0.107. The minimum Gasteiger partial charge on any atom is -0.463 e. The van der Waals surface area contributed by atoms with Gasteiger partial charge in [0.05, 0.1) is 19.8 Å². The van der Waals surface area contributed by atoms with Gasteiger partial charge in [0.2, 0.25) is 0 Å². The van der Waals surface area contributed by atoms with E-state index in [4.69, 9.17) is 44.8 Å². The third kappa shape index (κ3) is 42.2. The molecule has 0 saturated heterocycles. The number of esters is 3. The molecule has 0 aliphatic rings. The van der Waals surface area contributed by atoms with Crippen LogP contribution in [0.25, 0.3) is 0 Å². The van der Waals surface area contributed by atoms with Gasteiger partial charge in [-0.2, -0.15) is 0 Å². The lowest BCUT2D eigenvalue weighted by atomic mass is 10.1. The molecule has 0 radical (unpaired) electrons. The summed E-state index contributed by atoms with van der Waals surface area (Å²) in [7, 11) is 0. The number of hydrogen-bond acceptors (Lipinski definition) is 12. The lowest BCUT2D eigenvalue weighted by Gasteiger charge is -2.08. The van der Waals surface area contributed by atoms with Gasteiger partial charge in [0, 0.05) is 19.3 Å². The standard InChI is InChI=1S/3C11H22O4/c3*1-2-3-4-5-6-7-11(14)15-9-10(13)8-12/h3*10,12-13H,2-9H2,1H3. The van der Waals surface area contributed by atoms with Crippen LogP contribution < -0.4 is 0 Å². The molecular formula is C33H66O12. The fourth-order valence-corrected chi connectivity index (χ4v) is 3.56. The Morgan fingerprint density at radius 3 is 0.844 bits per heavy atom. The molecule has 3 unspecified atom stereocenters. The summed E-state index contributed by atoms with van der Waals surface area (Å²) in [5.41, 5.74) is 0. The predicted molar refractivity (Wildman–Crippen MR) is 172 cm³/mol. The first-order valence-electron chi connectivity index (χ1n) is 16.9. The highest BCUT2D eigenvalue weighted by atomic mass is 16.6. The van der Waals surface area contributed by atoms with Crippen molar-refractivity contribution in [2.75, 3.05) is 39.6 Å². The SMILES string of the molecule is CCCCCCCC(=O)OCC(O)CO.CCCCCCCC(=O)OCC(O)CO.CCCCCCCC(=O)OCC(O)CO. The maximum absolute atomic E-state index is 11.1. The van der Waals surface area contributed by atoms with E-state index in [1.165, 1.54) is 38.5 Å². The second-order valence-corrected chi connectivity index (χ2v) is 11.1. The number of carbonyl (C=O) groups excluding carboxylic acids is 3. The van der Waals surface area contributed by atoms with E-state index in [0.717, 1.165) is 57.8 Å². The zero-order valence-corrected chi connectivity index (χ0v) is 28.3. The van der Waals surface area contributed by atoms with E-state index >= 15 is 0 Å². The fraction of sp³-hybridized carbons (Fsp3) is 0.909. The molecule has 12 heteroatoms. The Morgan fingerprint density at radius 2 is 0.644 bits per heavy atom. The van der Waals surface area contributed by atoms with Crippen LogP contribution >= 0.6 is 0 Å². The Balaban J connectivity index is -0.000000588. The molecule has 0 aromatic rings. The molecule has 0 aliphatic heterocycles. The number of carbonyl (C=O) groups is 3. The molecule has 0 heterocycles. The van der Waals surface area contributed by atoms with Gasteiger partial charge in [-0.3, -0.25) is 14.4 Å². The summed E-state index contributed by atoms with van der Waals surface area (Å²) in [5.74, 6) is -0.878. The number of hydrogen-bond donors (Lipinski definition) is 6. The van der Waals surface area contributed by atoms with Crippen molar-refractivity contribution in [3.8, 4) is 0 Å². The highest BCUT2D eigenvalue weighted by Gasteiger charge is 2.09. The maximum Gasteiger partial charge on any atom is 0.305 e. The monoisotopic (exact) mass is 654 g/mol. The summed E-state index contributed by atoms with van der Waals surface area (Å²) in [5, 5.41) is 52.2. The van der Waals surface area contributed by atoms with Crippen LogP contribution in [0.15, 0.2) is 0 Å². The van der Waals surface area contributed by atoms with Gasteiger partial charge in [0.15, 0.2) is 0 Å². The Hall–Kier alpha value is -1.83. The highest BCUT2D eigenvalue weighted by Crippen LogP contribution is 2.07. The van der Waals surface area contributed by atoms with Gasteiger partial charge >= 0.3 is 17.9 Å². The van der Waals surface area contributed by atoms with Crippen LogP contribution in [0.2, 0.25) is 0 Å². The minimum atomic E-state index is -0.950. The van der Waals surface area contributed by atoms with E-state index in [2.05, 4.69) is 20.8 Å². The van der Waals surface area contributed by atoms with Crippen LogP contribution in [0.4, 0.5) is 0 Å². The first-order chi connectivity index (χ1) is 21.6. The summed E-state index contributed by atoms with van der Waals surface area (Å²) in [4.78, 5) is 33.2. The normalized spacial score (nSPS) is 12.5. The van der Waals surface area contributed by atoms with Crippen molar-refractivity contribution in [2.24, 2.45) is 0 Å². The molecule has 0 aromatic carbocycles. The van der Waals surface area contributed by atoms with Gasteiger partial charge in [-0.1, -0.05) is 97.8 Å². The number of rotatable bonds is 27. The fourth-order valence-electron chi connectivity index (χ4n) is 3.56. The van der Waals surface area contributed by atoms with E-state index in [0.29, 0.717) is 19.3 Å².